The molecule has 3 aliphatic rings. The maximum atomic E-state index is 11.8. The fraction of sp³-hybridized carbons (Fsp3) is 0.692. The molecule has 2 bridgehead atoms. The Labute approximate surface area is 100.0 Å². The van der Waals surface area contributed by atoms with Crippen LogP contribution in [0.25, 0.3) is 0 Å². The van der Waals surface area contributed by atoms with Crippen molar-refractivity contribution in [2.75, 3.05) is 14.2 Å². The normalized spacial score (nSPS) is 45.1. The lowest BCUT2D eigenvalue weighted by Gasteiger charge is -2.49. The second-order valence-electron chi connectivity index (χ2n) is 5.20. The van der Waals surface area contributed by atoms with Crippen molar-refractivity contribution in [2.45, 2.75) is 6.42 Å². The first-order valence-corrected chi connectivity index (χ1v) is 6.03. The van der Waals surface area contributed by atoms with Gasteiger partial charge in [-0.25, -0.2) is 0 Å². The zero-order valence-corrected chi connectivity index (χ0v) is 9.96. The minimum absolute atomic E-state index is 0.261. The van der Waals surface area contributed by atoms with Crippen molar-refractivity contribution >= 4 is 11.9 Å². The molecule has 0 saturated heterocycles. The van der Waals surface area contributed by atoms with E-state index >= 15 is 0 Å². The van der Waals surface area contributed by atoms with E-state index in [9.17, 15) is 9.59 Å². The van der Waals surface area contributed by atoms with E-state index in [2.05, 4.69) is 12.2 Å². The van der Waals surface area contributed by atoms with Gasteiger partial charge in [0.2, 0.25) is 0 Å². The smallest absolute Gasteiger partial charge is 0.309 e. The number of carbonyl (C=O) groups is 2. The third-order valence-corrected chi connectivity index (χ3v) is 4.75. The molecule has 0 aliphatic heterocycles. The molecule has 3 aliphatic carbocycles. The Bertz CT molecular complexity index is 364. The van der Waals surface area contributed by atoms with Crippen LogP contribution in [-0.4, -0.2) is 26.2 Å². The maximum Gasteiger partial charge on any atom is 0.309 e. The third kappa shape index (κ3) is 1.24. The van der Waals surface area contributed by atoms with Crippen molar-refractivity contribution in [2.24, 2.45) is 35.5 Å². The largest absolute Gasteiger partial charge is 0.469 e. The van der Waals surface area contributed by atoms with Crippen LogP contribution in [0.3, 0.4) is 0 Å². The van der Waals surface area contributed by atoms with Crippen molar-refractivity contribution in [3.63, 3.8) is 0 Å². The van der Waals surface area contributed by atoms with E-state index < -0.39 is 0 Å². The minimum Gasteiger partial charge on any atom is -0.469 e. The standard InChI is InChI=1S/C13H16O4/c1-16-12(14)10-8-6-3-4-7(5-6)9(8)11(10)13(15)17-2/h3-4,6-11H,5H2,1-2H3/t6?,7?,8-,9-,10?,11?/m1/s1. The lowest BCUT2D eigenvalue weighted by atomic mass is 9.53. The molecule has 0 amide bonds. The molecule has 0 N–H and O–H groups in total. The molecule has 4 nitrogen and oxygen atoms in total. The second kappa shape index (κ2) is 3.59. The Morgan fingerprint density at radius 1 is 0.941 bits per heavy atom. The van der Waals surface area contributed by atoms with Crippen LogP contribution in [-0.2, 0) is 19.1 Å². The summed E-state index contributed by atoms with van der Waals surface area (Å²) in [4.78, 5) is 23.6. The molecule has 0 aromatic heterocycles. The van der Waals surface area contributed by atoms with Gasteiger partial charge in [0.25, 0.3) is 0 Å². The van der Waals surface area contributed by atoms with E-state index in [1.165, 1.54) is 14.2 Å². The van der Waals surface area contributed by atoms with E-state index in [0.717, 1.165) is 6.42 Å². The first-order chi connectivity index (χ1) is 8.19. The number of esters is 2. The molecule has 4 heteroatoms. The summed E-state index contributed by atoms with van der Waals surface area (Å²) < 4.78 is 9.65. The molecular formula is C13H16O4. The molecule has 2 saturated carbocycles. The maximum absolute atomic E-state index is 11.8. The minimum atomic E-state index is -0.294. The van der Waals surface area contributed by atoms with Crippen LogP contribution >= 0.6 is 0 Å². The Hall–Kier alpha value is -1.32. The molecule has 0 spiro atoms. The van der Waals surface area contributed by atoms with E-state index in [-0.39, 0.29) is 23.8 Å². The molecular weight excluding hydrogens is 220 g/mol. The van der Waals surface area contributed by atoms with Crippen molar-refractivity contribution in [3.05, 3.63) is 12.2 Å². The van der Waals surface area contributed by atoms with Gasteiger partial charge in [-0.2, -0.15) is 0 Å². The summed E-state index contributed by atoms with van der Waals surface area (Å²) in [6, 6.07) is 0. The molecule has 0 radical (unpaired) electrons. The summed E-state index contributed by atoms with van der Waals surface area (Å²) in [5.41, 5.74) is 0. The van der Waals surface area contributed by atoms with Gasteiger partial charge in [-0.3, -0.25) is 9.59 Å². The fourth-order valence-corrected chi connectivity index (χ4v) is 4.12. The highest BCUT2D eigenvalue weighted by molar-refractivity contribution is 5.85. The van der Waals surface area contributed by atoms with Crippen LogP contribution in [0.2, 0.25) is 0 Å². The summed E-state index contributed by atoms with van der Waals surface area (Å²) in [6.45, 7) is 0. The highest BCUT2D eigenvalue weighted by Crippen LogP contribution is 2.64. The van der Waals surface area contributed by atoms with Gasteiger partial charge in [0.1, 0.15) is 0 Å². The Kier molecular flexibility index (Phi) is 2.28. The summed E-state index contributed by atoms with van der Waals surface area (Å²) in [7, 11) is 2.76. The Morgan fingerprint density at radius 3 is 1.71 bits per heavy atom. The summed E-state index contributed by atoms with van der Waals surface area (Å²) in [6.07, 6.45) is 5.46. The number of fused-ring (bicyclic) bond motifs is 5. The van der Waals surface area contributed by atoms with Gasteiger partial charge in [-0.1, -0.05) is 12.2 Å². The van der Waals surface area contributed by atoms with Gasteiger partial charge in [-0.15, -0.1) is 0 Å². The zero-order valence-electron chi connectivity index (χ0n) is 9.96. The predicted molar refractivity (Wildman–Crippen MR) is 58.7 cm³/mol. The first kappa shape index (κ1) is 10.8. The van der Waals surface area contributed by atoms with E-state index in [4.69, 9.17) is 9.47 Å². The first-order valence-electron chi connectivity index (χ1n) is 6.03. The topological polar surface area (TPSA) is 52.6 Å². The van der Waals surface area contributed by atoms with Crippen molar-refractivity contribution in [1.82, 2.24) is 0 Å². The van der Waals surface area contributed by atoms with Gasteiger partial charge in [0.05, 0.1) is 26.1 Å². The summed E-state index contributed by atoms with van der Waals surface area (Å²) in [5, 5.41) is 0. The second-order valence-corrected chi connectivity index (χ2v) is 5.20. The van der Waals surface area contributed by atoms with Crippen LogP contribution in [0.4, 0.5) is 0 Å². The van der Waals surface area contributed by atoms with E-state index in [1.807, 2.05) is 0 Å². The van der Waals surface area contributed by atoms with Crippen molar-refractivity contribution < 1.29 is 19.1 Å². The lowest BCUT2D eigenvalue weighted by Crippen LogP contribution is -2.56. The van der Waals surface area contributed by atoms with Crippen molar-refractivity contribution in [1.29, 1.82) is 0 Å². The highest BCUT2D eigenvalue weighted by Gasteiger charge is 2.66. The molecule has 6 atom stereocenters. The third-order valence-electron chi connectivity index (χ3n) is 4.75. The zero-order chi connectivity index (χ0) is 12.2. The monoisotopic (exact) mass is 236 g/mol. The van der Waals surface area contributed by atoms with E-state index in [0.29, 0.717) is 23.7 Å². The average Bonchev–Trinajstić information content (AvgIpc) is 2.86. The fourth-order valence-electron chi connectivity index (χ4n) is 4.12. The van der Waals surface area contributed by atoms with Crippen LogP contribution in [0.1, 0.15) is 6.42 Å². The van der Waals surface area contributed by atoms with Crippen molar-refractivity contribution in [3.8, 4) is 0 Å². The quantitative estimate of drug-likeness (QED) is 0.530. The lowest BCUT2D eigenvalue weighted by molar-refractivity contribution is -0.179. The van der Waals surface area contributed by atoms with E-state index in [1.54, 1.807) is 0 Å². The number of hydrogen-bond acceptors (Lipinski definition) is 4. The van der Waals surface area contributed by atoms with Gasteiger partial charge in [0.15, 0.2) is 0 Å². The molecule has 17 heavy (non-hydrogen) atoms. The van der Waals surface area contributed by atoms with Crippen LogP contribution in [0.5, 0.6) is 0 Å². The van der Waals surface area contributed by atoms with Gasteiger partial charge in [0, 0.05) is 0 Å². The van der Waals surface area contributed by atoms with Gasteiger partial charge < -0.3 is 9.47 Å². The van der Waals surface area contributed by atoms with Gasteiger partial charge in [-0.05, 0) is 30.1 Å². The Balaban J connectivity index is 1.89. The molecule has 0 aromatic rings. The molecule has 3 rings (SSSR count). The summed E-state index contributed by atoms with van der Waals surface area (Å²) >= 11 is 0. The van der Waals surface area contributed by atoms with Crippen LogP contribution in [0, 0.1) is 35.5 Å². The molecule has 4 unspecified atom stereocenters. The number of hydrogen-bond donors (Lipinski definition) is 0. The number of carbonyl (C=O) groups excluding carboxylic acids is 2. The highest BCUT2D eigenvalue weighted by atomic mass is 16.5. The average molecular weight is 236 g/mol. The Morgan fingerprint density at radius 2 is 1.35 bits per heavy atom. The summed E-state index contributed by atoms with van der Waals surface area (Å²) in [5.74, 6) is 0.383. The van der Waals surface area contributed by atoms with Crippen LogP contribution in [0.15, 0.2) is 12.2 Å². The van der Waals surface area contributed by atoms with Crippen LogP contribution < -0.4 is 0 Å². The van der Waals surface area contributed by atoms with Gasteiger partial charge >= 0.3 is 11.9 Å². The number of methoxy groups -OCH3 is 2. The molecule has 92 valence electrons. The SMILES string of the molecule is COC(=O)C1C(C(=O)OC)[C@@H]2C3C=CC(C3)[C@@H]12. The molecule has 0 heterocycles. The molecule has 0 aromatic carbocycles. The number of allylic oxidation sites excluding steroid dienone is 2. The molecule has 2 fully saturated rings. The number of rotatable bonds is 2. The predicted octanol–water partition coefficient (Wildman–Crippen LogP) is 1.02. The number of ether oxygens (including phenoxy) is 2.